The van der Waals surface area contributed by atoms with Crippen LogP contribution in [0.25, 0.3) is 10.9 Å². The Morgan fingerprint density at radius 1 is 1.39 bits per heavy atom. The van der Waals surface area contributed by atoms with E-state index in [1.54, 1.807) is 16.5 Å². The zero-order chi connectivity index (χ0) is 22.3. The molecule has 2 N–H and O–H groups in total. The number of hydrogen-bond donors (Lipinski definition) is 2. The fourth-order valence-corrected chi connectivity index (χ4v) is 4.29. The highest BCUT2D eigenvalue weighted by Crippen LogP contribution is 2.44. The van der Waals surface area contributed by atoms with Crippen LogP contribution in [0.15, 0.2) is 28.5 Å². The Bertz CT molecular complexity index is 1140. The van der Waals surface area contributed by atoms with Crippen LogP contribution in [0.5, 0.6) is 5.75 Å². The number of rotatable bonds is 6. The quantitative estimate of drug-likeness (QED) is 0.728. The standard InChI is InChI=1S/C22H25F2N3O4/c1-25-9-17(24)12-4-3-7-26(10-12)19-16(23)8-14-18(21(19)31-2)27(13-5-6-13)11-15(20(14)28)22(29)30/h8,11,13,25H,3-7,9-10H2,1-2H3,(H,29,30)/b17-12+. The third-order valence-electron chi connectivity index (χ3n) is 5.89. The SMILES string of the molecule is CNC/C(F)=C1/CCCN(c2c(F)cc3c(=O)c(C(=O)O)cn(C4CC4)c3c2OC)C1. The molecule has 0 amide bonds. The van der Waals surface area contributed by atoms with Crippen molar-refractivity contribution in [2.24, 2.45) is 0 Å². The number of fused-ring (bicyclic) bond motifs is 1. The summed E-state index contributed by atoms with van der Waals surface area (Å²) in [4.78, 5) is 26.1. The van der Waals surface area contributed by atoms with E-state index in [2.05, 4.69) is 5.32 Å². The van der Waals surface area contributed by atoms with Gasteiger partial charge >= 0.3 is 5.97 Å². The summed E-state index contributed by atoms with van der Waals surface area (Å²) in [5.41, 5.74) is 0.000802. The Kier molecular flexibility index (Phi) is 5.70. The molecule has 1 saturated carbocycles. The van der Waals surface area contributed by atoms with Crippen LogP contribution in [0, 0.1) is 5.82 Å². The van der Waals surface area contributed by atoms with Crippen LogP contribution in [0.2, 0.25) is 0 Å². The van der Waals surface area contributed by atoms with E-state index in [0.29, 0.717) is 30.5 Å². The molecule has 2 aliphatic rings. The maximum absolute atomic E-state index is 15.3. The molecule has 0 radical (unpaired) electrons. The van der Waals surface area contributed by atoms with Gasteiger partial charge in [-0.2, -0.15) is 0 Å². The number of nitrogens with zero attached hydrogens (tertiary/aromatic N) is 2. The zero-order valence-corrected chi connectivity index (χ0v) is 17.5. The lowest BCUT2D eigenvalue weighted by Crippen LogP contribution is -2.33. The van der Waals surface area contributed by atoms with Crippen molar-refractivity contribution in [3.63, 3.8) is 0 Å². The number of halogens is 2. The Balaban J connectivity index is 1.93. The first kappa shape index (κ1) is 21.3. The number of aromatic nitrogens is 1. The molecule has 1 aliphatic carbocycles. The number of benzene rings is 1. The molecule has 9 heteroatoms. The first-order valence-corrected chi connectivity index (χ1v) is 10.3. The van der Waals surface area contributed by atoms with Gasteiger partial charge in [0.25, 0.3) is 0 Å². The van der Waals surface area contributed by atoms with Gasteiger partial charge in [-0.25, -0.2) is 13.6 Å². The lowest BCUT2D eigenvalue weighted by Gasteiger charge is -2.33. The molecule has 31 heavy (non-hydrogen) atoms. The summed E-state index contributed by atoms with van der Waals surface area (Å²) in [6.07, 6.45) is 4.23. The number of ether oxygens (including phenoxy) is 1. The van der Waals surface area contributed by atoms with Crippen LogP contribution in [0.4, 0.5) is 14.5 Å². The smallest absolute Gasteiger partial charge is 0.341 e. The van der Waals surface area contributed by atoms with Gasteiger partial charge < -0.3 is 24.6 Å². The lowest BCUT2D eigenvalue weighted by molar-refractivity contribution is 0.0695. The van der Waals surface area contributed by atoms with Crippen LogP contribution < -0.4 is 20.4 Å². The monoisotopic (exact) mass is 433 g/mol. The Labute approximate surface area is 177 Å². The number of hydrogen-bond acceptors (Lipinski definition) is 5. The van der Waals surface area contributed by atoms with Crippen LogP contribution in [0.1, 0.15) is 42.1 Å². The fraction of sp³-hybridized carbons (Fsp3) is 0.455. The van der Waals surface area contributed by atoms with Crippen LogP contribution in [-0.2, 0) is 0 Å². The van der Waals surface area contributed by atoms with E-state index < -0.39 is 22.8 Å². The van der Waals surface area contributed by atoms with Gasteiger partial charge in [0.05, 0.1) is 18.0 Å². The number of aromatic carboxylic acids is 1. The van der Waals surface area contributed by atoms with E-state index in [1.807, 2.05) is 0 Å². The third-order valence-corrected chi connectivity index (χ3v) is 5.89. The minimum Gasteiger partial charge on any atom is -0.492 e. The molecule has 0 bridgehead atoms. The van der Waals surface area contributed by atoms with Crippen LogP contribution in [-0.4, -0.2) is 49.4 Å². The molecule has 1 saturated heterocycles. The topological polar surface area (TPSA) is 83.8 Å². The Hall–Kier alpha value is -2.94. The second kappa shape index (κ2) is 8.30. The number of carbonyl (C=O) groups is 1. The van der Waals surface area contributed by atoms with Crippen molar-refractivity contribution in [1.82, 2.24) is 9.88 Å². The van der Waals surface area contributed by atoms with Gasteiger partial charge in [-0.1, -0.05) is 0 Å². The lowest BCUT2D eigenvalue weighted by atomic mass is 10.0. The summed E-state index contributed by atoms with van der Waals surface area (Å²) in [6, 6.07) is 1.11. The van der Waals surface area contributed by atoms with Crippen molar-refractivity contribution in [1.29, 1.82) is 0 Å². The molecule has 1 aliphatic heterocycles. The molecule has 7 nitrogen and oxygen atoms in total. The van der Waals surface area contributed by atoms with Gasteiger partial charge in [0.1, 0.15) is 17.1 Å². The average molecular weight is 433 g/mol. The minimum atomic E-state index is -1.35. The summed E-state index contributed by atoms with van der Waals surface area (Å²) in [5.74, 6) is -2.13. The largest absolute Gasteiger partial charge is 0.492 e. The van der Waals surface area contributed by atoms with E-state index in [0.717, 1.165) is 18.9 Å². The molecule has 1 aromatic heterocycles. The van der Waals surface area contributed by atoms with Gasteiger partial charge in [-0.15, -0.1) is 0 Å². The highest BCUT2D eigenvalue weighted by atomic mass is 19.1. The predicted molar refractivity (Wildman–Crippen MR) is 113 cm³/mol. The van der Waals surface area contributed by atoms with E-state index in [1.165, 1.54) is 13.3 Å². The summed E-state index contributed by atoms with van der Waals surface area (Å²) in [5, 5.41) is 12.2. The maximum Gasteiger partial charge on any atom is 0.341 e. The fourth-order valence-electron chi connectivity index (χ4n) is 4.29. The molecule has 166 valence electrons. The summed E-state index contributed by atoms with van der Waals surface area (Å²) in [7, 11) is 3.06. The summed E-state index contributed by atoms with van der Waals surface area (Å²) >= 11 is 0. The summed E-state index contributed by atoms with van der Waals surface area (Å²) in [6.45, 7) is 0.836. The first-order chi connectivity index (χ1) is 14.9. The number of likely N-dealkylation sites (N-methyl/N-ethyl adjacent to an activating group) is 1. The normalized spacial score (nSPS) is 18.4. The Morgan fingerprint density at radius 2 is 2.13 bits per heavy atom. The van der Waals surface area contributed by atoms with Gasteiger partial charge in [0, 0.05) is 31.9 Å². The predicted octanol–water partition coefficient (Wildman–Crippen LogP) is 3.23. The molecule has 4 rings (SSSR count). The highest BCUT2D eigenvalue weighted by Gasteiger charge is 2.32. The maximum atomic E-state index is 15.3. The number of methoxy groups -OCH3 is 1. The number of carboxylic acids is 1. The van der Waals surface area contributed by atoms with E-state index in [9.17, 15) is 19.1 Å². The van der Waals surface area contributed by atoms with Crippen LogP contribution in [0.3, 0.4) is 0 Å². The second-order valence-corrected chi connectivity index (χ2v) is 8.02. The van der Waals surface area contributed by atoms with Gasteiger partial charge in [0.2, 0.25) is 5.43 Å². The third kappa shape index (κ3) is 3.78. The molecule has 0 atom stereocenters. The molecule has 2 fully saturated rings. The van der Waals surface area contributed by atoms with Gasteiger partial charge in [-0.3, -0.25) is 4.79 Å². The number of nitrogens with one attached hydrogen (secondary N) is 1. The van der Waals surface area contributed by atoms with Crippen molar-refractivity contribution >= 4 is 22.6 Å². The van der Waals surface area contributed by atoms with Crippen molar-refractivity contribution < 1.29 is 23.4 Å². The van der Waals surface area contributed by atoms with Crippen molar-refractivity contribution in [3.05, 3.63) is 45.3 Å². The minimum absolute atomic E-state index is 0.0262. The number of piperidine rings is 1. The van der Waals surface area contributed by atoms with Crippen LogP contribution >= 0.6 is 0 Å². The van der Waals surface area contributed by atoms with Gasteiger partial charge in [-0.05, 0) is 44.4 Å². The number of anilines is 1. The second-order valence-electron chi connectivity index (χ2n) is 8.02. The summed E-state index contributed by atoms with van der Waals surface area (Å²) < 4.78 is 37.1. The molecule has 2 heterocycles. The Morgan fingerprint density at radius 3 is 2.74 bits per heavy atom. The molecule has 0 unspecified atom stereocenters. The van der Waals surface area contributed by atoms with E-state index in [-0.39, 0.29) is 41.8 Å². The van der Waals surface area contributed by atoms with Crippen molar-refractivity contribution in [3.8, 4) is 5.75 Å². The molecule has 1 aromatic carbocycles. The molecule has 2 aromatic rings. The zero-order valence-electron chi connectivity index (χ0n) is 17.5. The number of pyridine rings is 1. The molecular weight excluding hydrogens is 408 g/mol. The van der Waals surface area contributed by atoms with Crippen molar-refractivity contribution in [2.45, 2.75) is 31.7 Å². The van der Waals surface area contributed by atoms with E-state index in [4.69, 9.17) is 4.74 Å². The average Bonchev–Trinajstić information content (AvgIpc) is 3.58. The van der Waals surface area contributed by atoms with Gasteiger partial charge in [0.15, 0.2) is 11.6 Å². The van der Waals surface area contributed by atoms with Crippen molar-refractivity contribution in [2.75, 3.05) is 38.7 Å². The molecule has 0 spiro atoms. The van der Waals surface area contributed by atoms with E-state index >= 15 is 4.39 Å². The number of carboxylic acid groups (broad SMARTS) is 1. The first-order valence-electron chi connectivity index (χ1n) is 10.3. The molecular formula is C22H25F2N3O4. The highest BCUT2D eigenvalue weighted by molar-refractivity contribution is 5.97.